The summed E-state index contributed by atoms with van der Waals surface area (Å²) in [4.78, 5) is 0. The molecule has 1 fully saturated rings. The van der Waals surface area contributed by atoms with Crippen molar-refractivity contribution in [3.8, 4) is 0 Å². The highest BCUT2D eigenvalue weighted by molar-refractivity contribution is 6.08. The number of hydrogen-bond donors (Lipinski definition) is 0. The first-order valence-corrected chi connectivity index (χ1v) is 7.30. The third kappa shape index (κ3) is 1.31. The minimum absolute atomic E-state index is 0. The van der Waals surface area contributed by atoms with Gasteiger partial charge in [-0.1, -0.05) is 24.3 Å². The lowest BCUT2D eigenvalue weighted by Crippen LogP contribution is -3.00. The van der Waals surface area contributed by atoms with Gasteiger partial charge in [-0.15, -0.1) is 0 Å². The Labute approximate surface area is 136 Å². The van der Waals surface area contributed by atoms with Crippen LogP contribution in [0.2, 0.25) is 0 Å². The zero-order valence-electron chi connectivity index (χ0n) is 11.6. The van der Waals surface area contributed by atoms with Crippen LogP contribution in [-0.4, -0.2) is 35.1 Å². The second-order valence-corrected chi connectivity index (χ2v) is 6.69. The van der Waals surface area contributed by atoms with E-state index in [1.807, 2.05) is 0 Å². The zero-order valence-corrected chi connectivity index (χ0v) is 13.8. The normalized spacial score (nSPS) is 39.4. The lowest BCUT2D eigenvalue weighted by molar-refractivity contribution is -0.531. The van der Waals surface area contributed by atoms with E-state index in [9.17, 15) is 0 Å². The van der Waals surface area contributed by atoms with Gasteiger partial charge in [0.2, 0.25) is 5.71 Å². The Morgan fingerprint density at radius 3 is 3.00 bits per heavy atom. The second kappa shape index (κ2) is 3.95. The van der Waals surface area contributed by atoms with E-state index in [1.165, 1.54) is 29.7 Å². The van der Waals surface area contributed by atoms with Gasteiger partial charge in [0.05, 0.1) is 11.5 Å². The molecule has 1 aromatic rings. The van der Waals surface area contributed by atoms with E-state index < -0.39 is 0 Å². The Morgan fingerprint density at radius 2 is 2.15 bits per heavy atom. The molecule has 4 heterocycles. The molecule has 0 unspecified atom stereocenters. The lowest BCUT2D eigenvalue weighted by atomic mass is 9.68. The molecule has 3 heteroatoms. The van der Waals surface area contributed by atoms with Gasteiger partial charge in [-0.25, -0.2) is 4.58 Å². The maximum Gasteiger partial charge on any atom is 0.220 e. The SMILES string of the molecule is C[C@]12C[C@@H]3C=C[C@]1(O3)C1=[N+](CCc3ccccc31)C2.[I-]. The molecule has 0 saturated carbocycles. The molecule has 0 N–H and O–H groups in total. The molecule has 0 radical (unpaired) electrons. The van der Waals surface area contributed by atoms with Gasteiger partial charge in [0.15, 0.2) is 12.1 Å². The highest BCUT2D eigenvalue weighted by atomic mass is 127. The van der Waals surface area contributed by atoms with Gasteiger partial charge >= 0.3 is 0 Å². The largest absolute Gasteiger partial charge is 1.00 e. The fraction of sp³-hybridized carbons (Fsp3) is 0.471. The number of benzene rings is 1. The highest BCUT2D eigenvalue weighted by Gasteiger charge is 2.70. The standard InChI is InChI=1S/C17H18NO.HI/c1-16-10-13-6-8-17(16,19-13)15-14-5-3-2-4-12(14)7-9-18(15)11-16;/h2-6,8,13H,7,9-11H2,1H3;1H/q+1;/p-1/t13-,16+,17-;/m0./s1. The van der Waals surface area contributed by atoms with E-state index in [0.29, 0.717) is 6.10 Å². The smallest absolute Gasteiger partial charge is 0.220 e. The van der Waals surface area contributed by atoms with Crippen molar-refractivity contribution in [2.45, 2.75) is 31.5 Å². The van der Waals surface area contributed by atoms with E-state index in [4.69, 9.17) is 4.74 Å². The molecule has 4 aliphatic heterocycles. The average Bonchev–Trinajstić information content (AvgIpc) is 3.01. The number of halogens is 1. The predicted molar refractivity (Wildman–Crippen MR) is 73.7 cm³/mol. The summed E-state index contributed by atoms with van der Waals surface area (Å²) in [6.45, 7) is 4.70. The topological polar surface area (TPSA) is 12.2 Å². The number of hydrogen-bond acceptors (Lipinski definition) is 1. The van der Waals surface area contributed by atoms with Crippen LogP contribution in [0.3, 0.4) is 0 Å². The Kier molecular flexibility index (Phi) is 2.57. The fourth-order valence-corrected chi connectivity index (χ4v) is 4.73. The monoisotopic (exact) mass is 379 g/mol. The van der Waals surface area contributed by atoms with Crippen LogP contribution in [-0.2, 0) is 11.2 Å². The third-order valence-corrected chi connectivity index (χ3v) is 5.56. The first kappa shape index (κ1) is 13.0. The van der Waals surface area contributed by atoms with Crippen LogP contribution in [0.1, 0.15) is 24.5 Å². The van der Waals surface area contributed by atoms with E-state index in [0.717, 1.165) is 13.1 Å². The summed E-state index contributed by atoms with van der Waals surface area (Å²) in [5.74, 6) is 0. The van der Waals surface area contributed by atoms with E-state index in [2.05, 4.69) is 47.9 Å². The van der Waals surface area contributed by atoms with Crippen LogP contribution in [0.25, 0.3) is 0 Å². The average molecular weight is 379 g/mol. The van der Waals surface area contributed by atoms with Gasteiger partial charge in [-0.2, -0.15) is 0 Å². The van der Waals surface area contributed by atoms with Crippen LogP contribution in [0.4, 0.5) is 0 Å². The van der Waals surface area contributed by atoms with Gasteiger partial charge in [0, 0.05) is 12.0 Å². The minimum atomic E-state index is -0.145. The number of fused-ring (bicyclic) bond motifs is 3. The lowest BCUT2D eigenvalue weighted by Gasteiger charge is -2.30. The van der Waals surface area contributed by atoms with Crippen LogP contribution >= 0.6 is 0 Å². The molecule has 1 aromatic carbocycles. The molecule has 20 heavy (non-hydrogen) atoms. The molecule has 0 aliphatic carbocycles. The van der Waals surface area contributed by atoms with Crippen molar-refractivity contribution < 1.29 is 33.3 Å². The molecule has 4 aliphatic rings. The molecule has 104 valence electrons. The predicted octanol–water partition coefficient (Wildman–Crippen LogP) is -0.834. The zero-order chi connectivity index (χ0) is 12.7. The maximum absolute atomic E-state index is 6.42. The minimum Gasteiger partial charge on any atom is -1.00 e. The van der Waals surface area contributed by atoms with Gasteiger partial charge in [-0.3, -0.25) is 0 Å². The number of nitrogens with zero attached hydrogens (tertiary/aromatic N) is 1. The summed E-state index contributed by atoms with van der Waals surface area (Å²) < 4.78 is 9.00. The third-order valence-electron chi connectivity index (χ3n) is 5.56. The summed E-state index contributed by atoms with van der Waals surface area (Å²) in [7, 11) is 0. The van der Waals surface area contributed by atoms with Crippen molar-refractivity contribution >= 4 is 5.71 Å². The van der Waals surface area contributed by atoms with Crippen LogP contribution in [0.5, 0.6) is 0 Å². The summed E-state index contributed by atoms with van der Waals surface area (Å²) in [5.41, 5.74) is 4.46. The second-order valence-electron chi connectivity index (χ2n) is 6.69. The van der Waals surface area contributed by atoms with Gasteiger partial charge in [0.25, 0.3) is 0 Å². The maximum atomic E-state index is 6.42. The number of rotatable bonds is 0. The molecular weight excluding hydrogens is 361 g/mol. The van der Waals surface area contributed by atoms with E-state index in [-0.39, 0.29) is 35.0 Å². The first-order chi connectivity index (χ1) is 9.22. The molecule has 3 atom stereocenters. The number of ether oxygens (including phenoxy) is 1. The van der Waals surface area contributed by atoms with E-state index >= 15 is 0 Å². The van der Waals surface area contributed by atoms with Crippen LogP contribution in [0, 0.1) is 5.41 Å². The Balaban J connectivity index is 0.00000106. The summed E-state index contributed by atoms with van der Waals surface area (Å²) in [5, 5.41) is 0. The van der Waals surface area contributed by atoms with E-state index in [1.54, 1.807) is 0 Å². The Morgan fingerprint density at radius 1 is 1.30 bits per heavy atom. The van der Waals surface area contributed by atoms with Crippen molar-refractivity contribution in [1.29, 1.82) is 0 Å². The molecule has 0 amide bonds. The fourth-order valence-electron chi connectivity index (χ4n) is 4.73. The first-order valence-electron chi connectivity index (χ1n) is 7.30. The van der Waals surface area contributed by atoms with Crippen molar-refractivity contribution in [1.82, 2.24) is 0 Å². The molecular formula is C17H18INO. The molecule has 0 aromatic heterocycles. The van der Waals surface area contributed by atoms with Crippen LogP contribution < -0.4 is 24.0 Å². The summed E-state index contributed by atoms with van der Waals surface area (Å²) >= 11 is 0. The van der Waals surface area contributed by atoms with Crippen molar-refractivity contribution in [3.05, 3.63) is 47.5 Å². The highest BCUT2D eigenvalue weighted by Crippen LogP contribution is 2.57. The molecule has 2 nitrogen and oxygen atoms in total. The van der Waals surface area contributed by atoms with Crippen molar-refractivity contribution in [2.24, 2.45) is 5.41 Å². The molecule has 1 saturated heterocycles. The van der Waals surface area contributed by atoms with Crippen molar-refractivity contribution in [3.63, 3.8) is 0 Å². The summed E-state index contributed by atoms with van der Waals surface area (Å²) in [6.07, 6.45) is 7.30. The Hall–Kier alpha value is -0.680. The Bertz CT molecular complexity index is 665. The van der Waals surface area contributed by atoms with Crippen molar-refractivity contribution in [2.75, 3.05) is 13.1 Å². The van der Waals surface area contributed by atoms with Gasteiger partial charge in [0.1, 0.15) is 6.54 Å². The molecule has 5 rings (SSSR count). The quantitative estimate of drug-likeness (QED) is 0.326. The van der Waals surface area contributed by atoms with Gasteiger partial charge < -0.3 is 28.7 Å². The molecule has 2 bridgehead atoms. The van der Waals surface area contributed by atoms with Crippen LogP contribution in [0.15, 0.2) is 36.4 Å². The van der Waals surface area contributed by atoms with Gasteiger partial charge in [-0.05, 0) is 31.1 Å². The summed E-state index contributed by atoms with van der Waals surface area (Å²) in [6, 6.07) is 8.87. The molecule has 1 spiro atoms.